The fraction of sp³-hybridized carbons (Fsp3) is 0.300. The Morgan fingerprint density at radius 3 is 2.60 bits per heavy atom. The van der Waals surface area contributed by atoms with E-state index in [-0.39, 0.29) is 30.9 Å². The molecule has 3 aromatic rings. The van der Waals surface area contributed by atoms with Gasteiger partial charge < -0.3 is 14.8 Å². The number of carbonyl (C=O) groups is 1. The Hall–Kier alpha value is -2.82. The average Bonchev–Trinajstić information content (AvgIpc) is 3.04. The Balaban J connectivity index is 1.96. The summed E-state index contributed by atoms with van der Waals surface area (Å²) >= 11 is 0. The highest BCUT2D eigenvalue weighted by atomic mass is 32.2. The Morgan fingerprint density at radius 2 is 1.97 bits per heavy atom. The minimum absolute atomic E-state index is 0.0589. The molecule has 2 N–H and O–H groups in total. The summed E-state index contributed by atoms with van der Waals surface area (Å²) in [5.74, 6) is -1.53. The smallest absolute Gasteiger partial charge is 0.307 e. The SMILES string of the molecule is CN([C@@H](CCO)Cn1cc(CC(=O)O)c2cccnc21)S(=O)(=O)c1ccc(F)cc1. The summed E-state index contributed by atoms with van der Waals surface area (Å²) in [6.45, 7) is -0.0901. The van der Waals surface area contributed by atoms with Gasteiger partial charge in [-0.2, -0.15) is 4.31 Å². The lowest BCUT2D eigenvalue weighted by atomic mass is 10.2. The zero-order chi connectivity index (χ0) is 21.9. The number of aromatic nitrogens is 2. The van der Waals surface area contributed by atoms with Crippen LogP contribution in [0.2, 0.25) is 0 Å². The molecule has 8 nitrogen and oxygen atoms in total. The van der Waals surface area contributed by atoms with Gasteiger partial charge in [0.1, 0.15) is 11.5 Å². The Morgan fingerprint density at radius 1 is 1.27 bits per heavy atom. The maximum Gasteiger partial charge on any atom is 0.307 e. The van der Waals surface area contributed by atoms with E-state index in [1.807, 2.05) is 0 Å². The van der Waals surface area contributed by atoms with Crippen LogP contribution < -0.4 is 0 Å². The first kappa shape index (κ1) is 21.9. The lowest BCUT2D eigenvalue weighted by Crippen LogP contribution is -2.40. The second-order valence-electron chi connectivity index (χ2n) is 6.89. The van der Waals surface area contributed by atoms with Crippen molar-refractivity contribution < 1.29 is 27.8 Å². The van der Waals surface area contributed by atoms with Gasteiger partial charge in [0.15, 0.2) is 0 Å². The third kappa shape index (κ3) is 4.50. The van der Waals surface area contributed by atoms with Crippen LogP contribution in [0.15, 0.2) is 53.7 Å². The molecule has 2 aromatic heterocycles. The summed E-state index contributed by atoms with van der Waals surface area (Å²) < 4.78 is 42.0. The van der Waals surface area contributed by atoms with E-state index < -0.39 is 27.9 Å². The number of aliphatic carboxylic acids is 1. The highest BCUT2D eigenvalue weighted by Gasteiger charge is 2.29. The largest absolute Gasteiger partial charge is 0.481 e. The molecule has 0 fully saturated rings. The number of nitrogens with zero attached hydrogens (tertiary/aromatic N) is 3. The summed E-state index contributed by atoms with van der Waals surface area (Å²) in [7, 11) is -2.54. The van der Waals surface area contributed by atoms with Crippen molar-refractivity contribution in [3.8, 4) is 0 Å². The minimum Gasteiger partial charge on any atom is -0.481 e. The molecule has 0 amide bonds. The Kier molecular flexibility index (Phi) is 6.49. The van der Waals surface area contributed by atoms with Gasteiger partial charge in [0, 0.05) is 44.0 Å². The summed E-state index contributed by atoms with van der Waals surface area (Å²) in [6, 6.07) is 7.35. The molecule has 0 aliphatic rings. The zero-order valence-corrected chi connectivity index (χ0v) is 17.1. The highest BCUT2D eigenvalue weighted by Crippen LogP contribution is 2.24. The molecule has 0 unspecified atom stereocenters. The van der Waals surface area contributed by atoms with Crippen LogP contribution in [0, 0.1) is 5.82 Å². The van der Waals surface area contributed by atoms with E-state index in [9.17, 15) is 22.7 Å². The van der Waals surface area contributed by atoms with Gasteiger partial charge in [-0.05, 0) is 48.4 Å². The summed E-state index contributed by atoms with van der Waals surface area (Å²) in [4.78, 5) is 15.4. The second kappa shape index (κ2) is 8.90. The zero-order valence-electron chi connectivity index (χ0n) is 16.3. The standard InChI is InChI=1S/C20H22FN3O5S/c1-23(30(28,29)17-6-4-15(21)5-7-17)16(8-10-25)13-24-12-14(11-19(26)27)18-3-2-9-22-20(18)24/h2-7,9,12,16,25H,8,10-11,13H2,1H3,(H,26,27)/t16-/m0/s1. The second-order valence-corrected chi connectivity index (χ2v) is 8.89. The molecule has 160 valence electrons. The van der Waals surface area contributed by atoms with E-state index in [1.54, 1.807) is 29.1 Å². The third-order valence-corrected chi connectivity index (χ3v) is 6.86. The predicted octanol–water partition coefficient (Wildman–Crippen LogP) is 1.87. The van der Waals surface area contributed by atoms with Gasteiger partial charge in [-0.15, -0.1) is 0 Å². The topological polar surface area (TPSA) is 113 Å². The number of fused-ring (bicyclic) bond motifs is 1. The maximum atomic E-state index is 13.2. The normalized spacial score (nSPS) is 13.1. The van der Waals surface area contributed by atoms with Gasteiger partial charge in [-0.25, -0.2) is 17.8 Å². The molecule has 10 heteroatoms. The molecule has 0 saturated heterocycles. The summed E-state index contributed by atoms with van der Waals surface area (Å²) in [6.07, 6.45) is 3.18. The van der Waals surface area contributed by atoms with Crippen LogP contribution in [0.1, 0.15) is 12.0 Å². The molecule has 0 aliphatic carbocycles. The molecule has 0 aliphatic heterocycles. The number of benzene rings is 1. The first-order valence-corrected chi connectivity index (χ1v) is 10.7. The lowest BCUT2D eigenvalue weighted by molar-refractivity contribution is -0.136. The minimum atomic E-state index is -3.94. The number of likely N-dealkylation sites (N-methyl/N-ethyl adjacent to an activating group) is 1. The van der Waals surface area contributed by atoms with E-state index in [4.69, 9.17) is 5.11 Å². The van der Waals surface area contributed by atoms with Crippen molar-refractivity contribution in [2.75, 3.05) is 13.7 Å². The van der Waals surface area contributed by atoms with Gasteiger partial charge in [0.05, 0.1) is 11.3 Å². The number of hydrogen-bond acceptors (Lipinski definition) is 5. The molecule has 1 atom stereocenters. The van der Waals surface area contributed by atoms with Crippen LogP contribution in [0.4, 0.5) is 4.39 Å². The Labute approximate surface area is 173 Å². The molecular weight excluding hydrogens is 413 g/mol. The first-order chi connectivity index (χ1) is 14.2. The van der Waals surface area contributed by atoms with Crippen LogP contribution in [-0.2, 0) is 27.8 Å². The van der Waals surface area contributed by atoms with Crippen molar-refractivity contribution >= 4 is 27.0 Å². The molecule has 30 heavy (non-hydrogen) atoms. The van der Waals surface area contributed by atoms with Crippen molar-refractivity contribution in [1.29, 1.82) is 0 Å². The molecule has 0 bridgehead atoms. The van der Waals surface area contributed by atoms with Gasteiger partial charge in [0.25, 0.3) is 0 Å². The van der Waals surface area contributed by atoms with Crippen LogP contribution in [-0.4, -0.2) is 58.2 Å². The predicted molar refractivity (Wildman–Crippen MR) is 108 cm³/mol. The number of sulfonamides is 1. The number of aliphatic hydroxyl groups is 1. The molecule has 0 spiro atoms. The molecule has 2 heterocycles. The van der Waals surface area contributed by atoms with Crippen LogP contribution in [0.25, 0.3) is 11.0 Å². The summed E-state index contributed by atoms with van der Waals surface area (Å²) in [5.41, 5.74) is 1.10. The van der Waals surface area contributed by atoms with Gasteiger partial charge in [-0.1, -0.05) is 0 Å². The fourth-order valence-corrected chi connectivity index (χ4v) is 4.75. The maximum absolute atomic E-state index is 13.2. The molecule has 0 radical (unpaired) electrons. The number of halogens is 1. The van der Waals surface area contributed by atoms with E-state index in [0.717, 1.165) is 16.4 Å². The Bertz CT molecular complexity index is 1140. The van der Waals surface area contributed by atoms with Crippen LogP contribution >= 0.6 is 0 Å². The van der Waals surface area contributed by atoms with E-state index in [0.29, 0.717) is 16.6 Å². The van der Waals surface area contributed by atoms with Crippen LogP contribution in [0.5, 0.6) is 0 Å². The van der Waals surface area contributed by atoms with Gasteiger partial charge in [0.2, 0.25) is 10.0 Å². The number of carboxylic acids is 1. The number of aliphatic hydroxyl groups excluding tert-OH is 1. The van der Waals surface area contributed by atoms with E-state index in [2.05, 4.69) is 4.98 Å². The first-order valence-electron chi connectivity index (χ1n) is 9.23. The molecule has 0 saturated carbocycles. The van der Waals surface area contributed by atoms with E-state index in [1.165, 1.54) is 19.2 Å². The molecule has 1 aromatic carbocycles. The number of rotatable bonds is 9. The quantitative estimate of drug-likeness (QED) is 0.531. The van der Waals surface area contributed by atoms with Gasteiger partial charge >= 0.3 is 5.97 Å². The number of carboxylic acid groups (broad SMARTS) is 1. The lowest BCUT2D eigenvalue weighted by Gasteiger charge is -2.27. The van der Waals surface area contributed by atoms with Crippen molar-refractivity contribution in [3.05, 3.63) is 60.2 Å². The summed E-state index contributed by atoms with van der Waals surface area (Å²) in [5, 5.41) is 19.3. The fourth-order valence-electron chi connectivity index (χ4n) is 3.37. The van der Waals surface area contributed by atoms with Crippen molar-refractivity contribution in [2.45, 2.75) is 30.3 Å². The average molecular weight is 435 g/mol. The van der Waals surface area contributed by atoms with Crippen LogP contribution in [0.3, 0.4) is 0 Å². The molecule has 3 rings (SSSR count). The number of pyridine rings is 1. The van der Waals surface area contributed by atoms with Gasteiger partial charge in [-0.3, -0.25) is 4.79 Å². The van der Waals surface area contributed by atoms with Crippen molar-refractivity contribution in [1.82, 2.24) is 13.9 Å². The van der Waals surface area contributed by atoms with Crippen molar-refractivity contribution in [2.24, 2.45) is 0 Å². The highest BCUT2D eigenvalue weighted by molar-refractivity contribution is 7.89. The monoisotopic (exact) mass is 435 g/mol. The third-order valence-electron chi connectivity index (χ3n) is 4.93. The molecular formula is C20H22FN3O5S. The van der Waals surface area contributed by atoms with E-state index >= 15 is 0 Å². The van der Waals surface area contributed by atoms with Crippen molar-refractivity contribution in [3.63, 3.8) is 0 Å². The number of hydrogen-bond donors (Lipinski definition) is 2.